The number of benzene rings is 3. The molecule has 1 N–H and O–H groups in total. The highest BCUT2D eigenvalue weighted by Gasteiger charge is 2.35. The molecule has 0 bridgehead atoms. The summed E-state index contributed by atoms with van der Waals surface area (Å²) in [7, 11) is -1.20. The lowest BCUT2D eigenvalue weighted by Crippen LogP contribution is -2.54. The Labute approximate surface area is 255 Å². The van der Waals surface area contributed by atoms with Crippen LogP contribution in [0.3, 0.4) is 0 Å². The van der Waals surface area contributed by atoms with Crippen LogP contribution in [0.2, 0.25) is 5.02 Å². The first-order valence-corrected chi connectivity index (χ1v) is 15.8. The van der Waals surface area contributed by atoms with Crippen LogP contribution in [0.15, 0.2) is 72.8 Å². The van der Waals surface area contributed by atoms with Crippen molar-refractivity contribution in [3.8, 4) is 0 Å². The van der Waals surface area contributed by atoms with Gasteiger partial charge in [-0.15, -0.1) is 0 Å². The second-order valence-corrected chi connectivity index (χ2v) is 13.1. The van der Waals surface area contributed by atoms with Crippen molar-refractivity contribution in [2.24, 2.45) is 0 Å². The molecular formula is C32H41ClN4O4S. The molecule has 0 aliphatic heterocycles. The molecule has 0 heterocycles. The quantitative estimate of drug-likeness (QED) is 0.256. The number of unbranched alkanes of at least 4 members (excludes halogenated alkanes) is 1. The monoisotopic (exact) mass is 612 g/mol. The van der Waals surface area contributed by atoms with E-state index in [2.05, 4.69) is 5.32 Å². The third-order valence-corrected chi connectivity index (χ3v) is 9.04. The fraction of sp³-hybridized carbons (Fsp3) is 0.375. The molecule has 0 radical (unpaired) electrons. The van der Waals surface area contributed by atoms with Crippen LogP contribution in [0.5, 0.6) is 0 Å². The molecule has 0 aromatic heterocycles. The number of hydrogen-bond acceptors (Lipinski definition) is 4. The molecule has 3 aromatic rings. The smallest absolute Gasteiger partial charge is 0.304 e. The van der Waals surface area contributed by atoms with Crippen molar-refractivity contribution >= 4 is 39.3 Å². The van der Waals surface area contributed by atoms with E-state index < -0.39 is 28.7 Å². The van der Waals surface area contributed by atoms with E-state index in [-0.39, 0.29) is 18.9 Å². The predicted molar refractivity (Wildman–Crippen MR) is 170 cm³/mol. The summed E-state index contributed by atoms with van der Waals surface area (Å²) in [4.78, 5) is 29.5. The Hall–Kier alpha value is -3.40. The molecule has 226 valence electrons. The summed E-state index contributed by atoms with van der Waals surface area (Å²) in [6.45, 7) is 5.77. The first-order chi connectivity index (χ1) is 19.9. The van der Waals surface area contributed by atoms with Gasteiger partial charge in [-0.05, 0) is 60.7 Å². The van der Waals surface area contributed by atoms with Crippen LogP contribution in [-0.2, 0) is 32.8 Å². The zero-order valence-corrected chi connectivity index (χ0v) is 26.6. The van der Waals surface area contributed by atoms with Gasteiger partial charge in [0.05, 0.1) is 5.69 Å². The first-order valence-electron chi connectivity index (χ1n) is 14.1. The number of amides is 2. The lowest BCUT2D eigenvalue weighted by Gasteiger charge is -2.35. The van der Waals surface area contributed by atoms with Crippen LogP contribution in [0.4, 0.5) is 5.69 Å². The molecule has 0 fully saturated rings. The molecule has 3 rings (SSSR count). The third-order valence-electron chi connectivity index (χ3n) is 6.99. The Morgan fingerprint density at radius 2 is 1.62 bits per heavy atom. The van der Waals surface area contributed by atoms with Crippen LogP contribution in [0.1, 0.15) is 42.0 Å². The summed E-state index contributed by atoms with van der Waals surface area (Å²) in [5.74, 6) is -0.802. The Morgan fingerprint density at radius 3 is 2.26 bits per heavy atom. The maximum absolute atomic E-state index is 14.3. The van der Waals surface area contributed by atoms with Gasteiger partial charge in [0.15, 0.2) is 0 Å². The molecule has 10 heteroatoms. The average molecular weight is 613 g/mol. The largest absolute Gasteiger partial charge is 0.354 e. The number of rotatable bonds is 14. The second-order valence-electron chi connectivity index (χ2n) is 10.6. The number of carbonyl (C=O) groups is 2. The zero-order chi connectivity index (χ0) is 30.9. The van der Waals surface area contributed by atoms with E-state index >= 15 is 0 Å². The van der Waals surface area contributed by atoms with Crippen LogP contribution in [0.25, 0.3) is 0 Å². The predicted octanol–water partition coefficient (Wildman–Crippen LogP) is 5.13. The minimum Gasteiger partial charge on any atom is -0.354 e. The molecule has 0 unspecified atom stereocenters. The van der Waals surface area contributed by atoms with Crippen LogP contribution in [0, 0.1) is 13.8 Å². The molecule has 1 atom stereocenters. The minimum atomic E-state index is -4.06. The van der Waals surface area contributed by atoms with Gasteiger partial charge in [0.25, 0.3) is 0 Å². The lowest BCUT2D eigenvalue weighted by molar-refractivity contribution is -0.140. The highest BCUT2D eigenvalue weighted by atomic mass is 35.5. The number of aryl methyl sites for hydroxylation is 2. The van der Waals surface area contributed by atoms with E-state index in [9.17, 15) is 18.0 Å². The molecule has 0 aliphatic rings. The molecule has 42 heavy (non-hydrogen) atoms. The molecule has 3 aromatic carbocycles. The van der Waals surface area contributed by atoms with Gasteiger partial charge in [-0.2, -0.15) is 12.7 Å². The zero-order valence-electron chi connectivity index (χ0n) is 25.0. The van der Waals surface area contributed by atoms with Gasteiger partial charge >= 0.3 is 10.2 Å². The Balaban J connectivity index is 2.11. The summed E-state index contributed by atoms with van der Waals surface area (Å²) < 4.78 is 29.4. The fourth-order valence-electron chi connectivity index (χ4n) is 4.58. The number of halogens is 1. The summed E-state index contributed by atoms with van der Waals surface area (Å²) >= 11 is 6.28. The maximum atomic E-state index is 14.3. The second kappa shape index (κ2) is 15.2. The van der Waals surface area contributed by atoms with Crippen molar-refractivity contribution in [3.63, 3.8) is 0 Å². The van der Waals surface area contributed by atoms with Crippen molar-refractivity contribution < 1.29 is 18.0 Å². The summed E-state index contributed by atoms with van der Waals surface area (Å²) in [6, 6.07) is 21.2. The molecular weight excluding hydrogens is 572 g/mol. The van der Waals surface area contributed by atoms with E-state index in [1.807, 2.05) is 62.4 Å². The van der Waals surface area contributed by atoms with Crippen LogP contribution >= 0.6 is 11.6 Å². The van der Waals surface area contributed by atoms with E-state index in [0.717, 1.165) is 38.1 Å². The van der Waals surface area contributed by atoms with Crippen LogP contribution in [-0.4, -0.2) is 62.7 Å². The fourth-order valence-corrected chi connectivity index (χ4v) is 5.91. The van der Waals surface area contributed by atoms with E-state index in [4.69, 9.17) is 11.6 Å². The number of anilines is 1. The van der Waals surface area contributed by atoms with Gasteiger partial charge < -0.3 is 10.2 Å². The minimum absolute atomic E-state index is 0.0702. The van der Waals surface area contributed by atoms with Crippen molar-refractivity contribution in [3.05, 3.63) is 100 Å². The lowest BCUT2D eigenvalue weighted by atomic mass is 10.0. The number of hydrogen-bond donors (Lipinski definition) is 1. The molecule has 0 saturated heterocycles. The van der Waals surface area contributed by atoms with Gasteiger partial charge in [-0.3, -0.25) is 9.59 Å². The van der Waals surface area contributed by atoms with Gasteiger partial charge in [-0.25, -0.2) is 4.31 Å². The maximum Gasteiger partial charge on any atom is 0.304 e. The highest BCUT2D eigenvalue weighted by molar-refractivity contribution is 7.90. The van der Waals surface area contributed by atoms with Crippen LogP contribution < -0.4 is 9.62 Å². The van der Waals surface area contributed by atoms with E-state index in [1.165, 1.54) is 19.0 Å². The van der Waals surface area contributed by atoms with Gasteiger partial charge in [-0.1, -0.05) is 79.5 Å². The summed E-state index contributed by atoms with van der Waals surface area (Å²) in [5.41, 5.74) is 3.58. The Kier molecular flexibility index (Phi) is 12.0. The van der Waals surface area contributed by atoms with Gasteiger partial charge in [0.2, 0.25) is 11.8 Å². The first kappa shape index (κ1) is 33.1. The summed E-state index contributed by atoms with van der Waals surface area (Å²) in [6.07, 6.45) is 1.96. The Bertz CT molecular complexity index is 1460. The van der Waals surface area contributed by atoms with Crippen molar-refractivity contribution in [1.29, 1.82) is 0 Å². The highest BCUT2D eigenvalue weighted by Crippen LogP contribution is 2.26. The normalized spacial score (nSPS) is 12.2. The molecule has 8 nitrogen and oxygen atoms in total. The topological polar surface area (TPSA) is 90.0 Å². The van der Waals surface area contributed by atoms with Crippen molar-refractivity contribution in [2.45, 2.75) is 52.6 Å². The standard InChI is InChI=1S/C32H41ClN4O4S/c1-6-7-18-34-32(39)30(21-26-12-9-8-10-13-26)36(22-27-14-11-15-28(33)20-27)31(38)23-37(42(40,41)35(4)5)29-19-24(2)16-17-25(29)3/h8-17,19-20,30H,6-7,18,21-23H2,1-5H3,(H,34,39)/t30-/m0/s1. The van der Waals surface area contributed by atoms with E-state index in [1.54, 1.807) is 31.2 Å². The number of nitrogens with zero attached hydrogens (tertiary/aromatic N) is 3. The Morgan fingerprint density at radius 1 is 0.929 bits per heavy atom. The summed E-state index contributed by atoms with van der Waals surface area (Å²) in [5, 5.41) is 3.49. The number of carbonyl (C=O) groups excluding carboxylic acids is 2. The van der Waals surface area contributed by atoms with Crippen molar-refractivity contribution in [2.75, 3.05) is 31.5 Å². The molecule has 0 aliphatic carbocycles. The third kappa shape index (κ3) is 8.80. The number of nitrogens with one attached hydrogen (secondary N) is 1. The molecule has 0 saturated carbocycles. The average Bonchev–Trinajstić information content (AvgIpc) is 2.95. The van der Waals surface area contributed by atoms with Gasteiger partial charge in [0, 0.05) is 38.6 Å². The molecule has 0 spiro atoms. The van der Waals surface area contributed by atoms with Gasteiger partial charge in [0.1, 0.15) is 12.6 Å². The van der Waals surface area contributed by atoms with E-state index in [0.29, 0.717) is 22.8 Å². The van der Waals surface area contributed by atoms with Crippen molar-refractivity contribution in [1.82, 2.24) is 14.5 Å². The SMILES string of the molecule is CCCCNC(=O)[C@H](Cc1ccccc1)N(Cc1cccc(Cl)c1)C(=O)CN(c1cc(C)ccc1C)S(=O)(=O)N(C)C. The molecule has 2 amide bonds.